The van der Waals surface area contributed by atoms with Crippen molar-refractivity contribution in [3.8, 4) is 11.6 Å². The van der Waals surface area contributed by atoms with Crippen molar-refractivity contribution in [1.29, 1.82) is 0 Å². The molecule has 0 aliphatic carbocycles. The van der Waals surface area contributed by atoms with Crippen molar-refractivity contribution in [2.75, 3.05) is 26.2 Å². The van der Waals surface area contributed by atoms with Crippen LogP contribution in [0.5, 0.6) is 11.6 Å². The summed E-state index contributed by atoms with van der Waals surface area (Å²) in [5.41, 5.74) is 1.16. The van der Waals surface area contributed by atoms with Crippen LogP contribution in [0.15, 0.2) is 36.5 Å². The van der Waals surface area contributed by atoms with Gasteiger partial charge in [-0.05, 0) is 17.7 Å². The lowest BCUT2D eigenvalue weighted by atomic mass is 10.2. The predicted octanol–water partition coefficient (Wildman–Crippen LogP) is 2.13. The van der Waals surface area contributed by atoms with E-state index in [4.69, 9.17) is 9.47 Å². The molecular formula is C14H17N3O2. The molecule has 1 aromatic heterocycles. The summed E-state index contributed by atoms with van der Waals surface area (Å²) in [5, 5.41) is 0. The molecule has 0 saturated heterocycles. The standard InChI is InChI=1S/C14H17N3O2/c1-17(14-15-9-8-13(16-14)19-3)10-11-4-6-12(18-2)7-5-11/h4-9H,10H2,1-3H3. The molecule has 0 bridgehead atoms. The zero-order valence-corrected chi connectivity index (χ0v) is 11.3. The number of anilines is 1. The molecule has 0 fully saturated rings. The number of hydrogen-bond acceptors (Lipinski definition) is 5. The van der Waals surface area contributed by atoms with E-state index in [0.29, 0.717) is 11.8 Å². The van der Waals surface area contributed by atoms with E-state index in [9.17, 15) is 0 Å². The van der Waals surface area contributed by atoms with Gasteiger partial charge >= 0.3 is 0 Å². The van der Waals surface area contributed by atoms with Gasteiger partial charge in [-0.2, -0.15) is 4.98 Å². The number of benzene rings is 1. The lowest BCUT2D eigenvalue weighted by Gasteiger charge is -2.17. The van der Waals surface area contributed by atoms with E-state index in [1.807, 2.05) is 36.2 Å². The lowest BCUT2D eigenvalue weighted by Crippen LogP contribution is -2.19. The number of rotatable bonds is 5. The SMILES string of the molecule is COc1ccc(CN(C)c2nccc(OC)n2)cc1. The zero-order chi connectivity index (χ0) is 13.7. The second-order valence-electron chi connectivity index (χ2n) is 4.10. The quantitative estimate of drug-likeness (QED) is 0.823. The Bertz CT molecular complexity index is 528. The van der Waals surface area contributed by atoms with Crippen LogP contribution in [0.4, 0.5) is 5.95 Å². The van der Waals surface area contributed by atoms with Crippen LogP contribution in [-0.4, -0.2) is 31.2 Å². The van der Waals surface area contributed by atoms with Crippen LogP contribution < -0.4 is 14.4 Å². The van der Waals surface area contributed by atoms with Crippen molar-refractivity contribution in [2.24, 2.45) is 0 Å². The summed E-state index contributed by atoms with van der Waals surface area (Å²) in [5.74, 6) is 2.05. The Labute approximate surface area is 112 Å². The highest BCUT2D eigenvalue weighted by Gasteiger charge is 2.06. The molecule has 5 heteroatoms. The minimum absolute atomic E-state index is 0.562. The third kappa shape index (κ3) is 3.34. The summed E-state index contributed by atoms with van der Waals surface area (Å²) in [6, 6.07) is 9.65. The summed E-state index contributed by atoms with van der Waals surface area (Å²) in [6.07, 6.45) is 1.69. The van der Waals surface area contributed by atoms with E-state index in [1.54, 1.807) is 26.5 Å². The Morgan fingerprint density at radius 3 is 2.42 bits per heavy atom. The van der Waals surface area contributed by atoms with E-state index in [1.165, 1.54) is 0 Å². The number of ether oxygens (including phenoxy) is 2. The van der Waals surface area contributed by atoms with Gasteiger partial charge in [0.25, 0.3) is 0 Å². The Hall–Kier alpha value is -2.30. The van der Waals surface area contributed by atoms with Gasteiger partial charge in [-0.25, -0.2) is 4.98 Å². The van der Waals surface area contributed by atoms with E-state index < -0.39 is 0 Å². The van der Waals surface area contributed by atoms with Gasteiger partial charge in [0, 0.05) is 25.9 Å². The number of hydrogen-bond donors (Lipinski definition) is 0. The molecule has 2 aromatic rings. The van der Waals surface area contributed by atoms with E-state index >= 15 is 0 Å². The molecule has 1 heterocycles. The van der Waals surface area contributed by atoms with E-state index in [-0.39, 0.29) is 0 Å². The molecule has 0 radical (unpaired) electrons. The van der Waals surface area contributed by atoms with E-state index in [0.717, 1.165) is 17.9 Å². The summed E-state index contributed by atoms with van der Waals surface area (Å²) in [7, 11) is 5.19. The fourth-order valence-corrected chi connectivity index (χ4v) is 1.71. The molecule has 2 rings (SSSR count). The first kappa shape index (κ1) is 13.1. The maximum atomic E-state index is 5.13. The Kier molecular flexibility index (Phi) is 4.18. The summed E-state index contributed by atoms with van der Waals surface area (Å²) >= 11 is 0. The second-order valence-corrected chi connectivity index (χ2v) is 4.10. The van der Waals surface area contributed by atoms with Crippen molar-refractivity contribution in [3.63, 3.8) is 0 Å². The molecule has 19 heavy (non-hydrogen) atoms. The van der Waals surface area contributed by atoms with Gasteiger partial charge in [-0.15, -0.1) is 0 Å². The molecule has 0 spiro atoms. The first-order chi connectivity index (χ1) is 9.22. The van der Waals surface area contributed by atoms with Gasteiger partial charge in [0.05, 0.1) is 14.2 Å². The molecule has 100 valence electrons. The first-order valence-electron chi connectivity index (χ1n) is 5.94. The van der Waals surface area contributed by atoms with Crippen LogP contribution in [0.1, 0.15) is 5.56 Å². The number of nitrogens with zero attached hydrogens (tertiary/aromatic N) is 3. The first-order valence-corrected chi connectivity index (χ1v) is 5.94. The predicted molar refractivity (Wildman–Crippen MR) is 73.7 cm³/mol. The third-order valence-electron chi connectivity index (χ3n) is 2.75. The van der Waals surface area contributed by atoms with Crippen molar-refractivity contribution in [2.45, 2.75) is 6.54 Å². The lowest BCUT2D eigenvalue weighted by molar-refractivity contribution is 0.397. The molecule has 5 nitrogen and oxygen atoms in total. The van der Waals surface area contributed by atoms with Gasteiger partial charge in [0.1, 0.15) is 5.75 Å². The highest BCUT2D eigenvalue weighted by Crippen LogP contribution is 2.16. The van der Waals surface area contributed by atoms with Gasteiger partial charge in [0.15, 0.2) is 0 Å². The Morgan fingerprint density at radius 2 is 1.79 bits per heavy atom. The highest BCUT2D eigenvalue weighted by molar-refractivity contribution is 5.34. The summed E-state index contributed by atoms with van der Waals surface area (Å²) in [4.78, 5) is 10.5. The van der Waals surface area contributed by atoms with Crippen molar-refractivity contribution >= 4 is 5.95 Å². The number of methoxy groups -OCH3 is 2. The van der Waals surface area contributed by atoms with Gasteiger partial charge in [0.2, 0.25) is 11.8 Å². The second kappa shape index (κ2) is 6.04. The molecule has 0 saturated carbocycles. The highest BCUT2D eigenvalue weighted by atomic mass is 16.5. The monoisotopic (exact) mass is 259 g/mol. The Morgan fingerprint density at radius 1 is 1.05 bits per heavy atom. The molecule has 0 aliphatic rings. The topological polar surface area (TPSA) is 47.5 Å². The molecular weight excluding hydrogens is 242 g/mol. The maximum Gasteiger partial charge on any atom is 0.228 e. The minimum Gasteiger partial charge on any atom is -0.497 e. The Balaban J connectivity index is 2.08. The largest absolute Gasteiger partial charge is 0.497 e. The fourth-order valence-electron chi connectivity index (χ4n) is 1.71. The summed E-state index contributed by atoms with van der Waals surface area (Å²) in [6.45, 7) is 0.719. The van der Waals surface area contributed by atoms with Crippen LogP contribution in [0.3, 0.4) is 0 Å². The maximum absolute atomic E-state index is 5.13. The molecule has 0 aliphatic heterocycles. The average Bonchev–Trinajstić information content (AvgIpc) is 2.48. The van der Waals surface area contributed by atoms with E-state index in [2.05, 4.69) is 9.97 Å². The van der Waals surface area contributed by atoms with Crippen LogP contribution in [0.25, 0.3) is 0 Å². The molecule has 0 N–H and O–H groups in total. The molecule has 0 atom stereocenters. The summed E-state index contributed by atoms with van der Waals surface area (Å²) < 4.78 is 10.2. The van der Waals surface area contributed by atoms with Crippen LogP contribution >= 0.6 is 0 Å². The van der Waals surface area contributed by atoms with Crippen molar-refractivity contribution in [1.82, 2.24) is 9.97 Å². The zero-order valence-electron chi connectivity index (χ0n) is 11.3. The average molecular weight is 259 g/mol. The molecule has 0 unspecified atom stereocenters. The smallest absolute Gasteiger partial charge is 0.228 e. The fraction of sp³-hybridized carbons (Fsp3) is 0.286. The van der Waals surface area contributed by atoms with Crippen molar-refractivity contribution < 1.29 is 9.47 Å². The van der Waals surface area contributed by atoms with Crippen molar-refractivity contribution in [3.05, 3.63) is 42.1 Å². The van der Waals surface area contributed by atoms with Crippen LogP contribution in [-0.2, 0) is 6.54 Å². The molecule has 1 aromatic carbocycles. The van der Waals surface area contributed by atoms with Gasteiger partial charge < -0.3 is 14.4 Å². The third-order valence-corrected chi connectivity index (χ3v) is 2.75. The minimum atomic E-state index is 0.562. The number of aromatic nitrogens is 2. The van der Waals surface area contributed by atoms with Gasteiger partial charge in [-0.3, -0.25) is 0 Å². The van der Waals surface area contributed by atoms with Gasteiger partial charge in [-0.1, -0.05) is 12.1 Å². The van der Waals surface area contributed by atoms with Crippen LogP contribution in [0.2, 0.25) is 0 Å². The van der Waals surface area contributed by atoms with Crippen LogP contribution in [0, 0.1) is 0 Å². The normalized spacial score (nSPS) is 10.1. The molecule has 0 amide bonds.